The second-order valence-electron chi connectivity index (χ2n) is 27.3. The molecule has 3 atom stereocenters. The van der Waals surface area contributed by atoms with Crippen LogP contribution in [0.4, 0.5) is 0 Å². The van der Waals surface area contributed by atoms with E-state index in [9.17, 15) is 19.4 Å². The molecule has 0 radical (unpaired) electrons. The molecule has 0 bridgehead atoms. The Morgan fingerprint density at radius 2 is 0.678 bits per heavy atom. The minimum absolute atomic E-state index is 0.0524. The van der Waals surface area contributed by atoms with Crippen molar-refractivity contribution in [2.24, 2.45) is 0 Å². The number of quaternary nitrogens is 1. The molecule has 0 spiro atoms. The molecule has 524 valence electrons. The molecule has 3 unspecified atom stereocenters. The molecular weight excluding hydrogens is 1130 g/mol. The molecular formula is C81H150N2O6P+. The lowest BCUT2D eigenvalue weighted by molar-refractivity contribution is -0.870. The molecule has 0 aromatic carbocycles. The molecule has 8 nitrogen and oxygen atoms in total. The number of carbonyl (C=O) groups is 1. The van der Waals surface area contributed by atoms with Crippen LogP contribution in [0.3, 0.4) is 0 Å². The number of aliphatic hydroxyl groups is 1. The summed E-state index contributed by atoms with van der Waals surface area (Å²) in [7, 11) is 1.55. The number of allylic oxidation sites excluding steroid dienone is 15. The lowest BCUT2D eigenvalue weighted by atomic mass is 10.0. The summed E-state index contributed by atoms with van der Waals surface area (Å²) in [5, 5.41) is 14.0. The highest BCUT2D eigenvalue weighted by Crippen LogP contribution is 2.43. The van der Waals surface area contributed by atoms with Crippen molar-refractivity contribution in [3.63, 3.8) is 0 Å². The minimum Gasteiger partial charge on any atom is -0.387 e. The van der Waals surface area contributed by atoms with E-state index in [1.165, 1.54) is 263 Å². The first-order valence-corrected chi connectivity index (χ1v) is 40.1. The Kier molecular flexibility index (Phi) is 68.7. The summed E-state index contributed by atoms with van der Waals surface area (Å²) >= 11 is 0. The maximum atomic E-state index is 13.1. The highest BCUT2D eigenvalue weighted by molar-refractivity contribution is 7.47. The van der Waals surface area contributed by atoms with Gasteiger partial charge < -0.3 is 19.8 Å². The first kappa shape index (κ1) is 87.4. The predicted octanol–water partition coefficient (Wildman–Crippen LogP) is 25.2. The quantitative estimate of drug-likeness (QED) is 0.0243. The fourth-order valence-corrected chi connectivity index (χ4v) is 12.1. The zero-order valence-electron chi connectivity index (χ0n) is 60.1. The summed E-state index contributed by atoms with van der Waals surface area (Å²) in [6.45, 7) is 4.71. The van der Waals surface area contributed by atoms with Gasteiger partial charge in [-0.25, -0.2) is 4.57 Å². The van der Waals surface area contributed by atoms with Crippen molar-refractivity contribution >= 4 is 13.7 Å². The molecule has 3 N–H and O–H groups in total. The van der Waals surface area contributed by atoms with E-state index in [0.29, 0.717) is 17.4 Å². The van der Waals surface area contributed by atoms with Crippen LogP contribution in [0.5, 0.6) is 0 Å². The lowest BCUT2D eigenvalue weighted by Crippen LogP contribution is -2.45. The van der Waals surface area contributed by atoms with Crippen LogP contribution in [0.25, 0.3) is 0 Å². The monoisotopic (exact) mass is 1280 g/mol. The highest BCUT2D eigenvalue weighted by Gasteiger charge is 2.28. The second-order valence-corrected chi connectivity index (χ2v) is 28.8. The SMILES string of the molecule is CC/C=C\C/C=C\C/C=C\C/C=C\C/C=C\CCCCCCCCCCCCCCCCCCCCCCCCCC(=O)NC(COP(=O)(O)OCC[N+](C)(C)C)C(O)/C=C/CC/C=C/CC/C=C/CCCCCCCCCCCCCCCCCCCCC. The number of rotatable bonds is 71. The van der Waals surface area contributed by atoms with Gasteiger partial charge in [-0.2, -0.15) is 0 Å². The maximum Gasteiger partial charge on any atom is 0.472 e. The van der Waals surface area contributed by atoms with Crippen LogP contribution >= 0.6 is 7.82 Å². The van der Waals surface area contributed by atoms with Crippen LogP contribution in [0.15, 0.2) is 97.2 Å². The molecule has 0 aromatic heterocycles. The summed E-state index contributed by atoms with van der Waals surface area (Å²) < 4.78 is 23.8. The number of phosphoric ester groups is 1. The van der Waals surface area contributed by atoms with Crippen molar-refractivity contribution < 1.29 is 32.9 Å². The van der Waals surface area contributed by atoms with Gasteiger partial charge in [-0.05, 0) is 89.9 Å². The Morgan fingerprint density at radius 1 is 0.389 bits per heavy atom. The van der Waals surface area contributed by atoms with Crippen molar-refractivity contribution in [3.8, 4) is 0 Å². The first-order chi connectivity index (χ1) is 44.0. The summed E-state index contributed by atoms with van der Waals surface area (Å²) in [6.07, 6.45) is 103. The van der Waals surface area contributed by atoms with E-state index >= 15 is 0 Å². The number of carbonyl (C=O) groups excluding carboxylic acids is 1. The van der Waals surface area contributed by atoms with Gasteiger partial charge in [0.15, 0.2) is 0 Å². The van der Waals surface area contributed by atoms with Crippen molar-refractivity contribution in [2.45, 2.75) is 373 Å². The lowest BCUT2D eigenvalue weighted by Gasteiger charge is -2.25. The normalized spacial score (nSPS) is 14.1. The van der Waals surface area contributed by atoms with Crippen LogP contribution in [-0.2, 0) is 18.4 Å². The van der Waals surface area contributed by atoms with Gasteiger partial charge in [0.1, 0.15) is 13.2 Å². The standard InChI is InChI=1S/C81H149N2O6P/c1-6-8-10-12-14-16-18-20-22-24-26-28-30-32-34-36-37-38-39-40-41-42-43-44-45-47-49-51-53-55-57-59-61-63-65-67-69-71-73-75-81(85)82-79(78-89-90(86,87)88-77-76-83(3,4)5)80(84)74-72-70-68-66-64-62-60-58-56-54-52-50-48-46-35-33-31-29-27-25-23-21-19-17-15-13-11-9-7-2/h8,10,14,16,20,22,26,28,32,34,56,58,64,66,72,74,79-80,84H,6-7,9,11-13,15,17-19,21,23-25,27,29-31,33,35-55,57,59-63,65,67-71,73,75-78H2,1-5H3,(H-,82,85,86,87)/p+1/b10-8-,16-14-,22-20-,28-26-,34-32-,58-56+,66-64+,74-72+. The number of unbranched alkanes of at least 4 members (excludes halogenated alkanes) is 44. The predicted molar refractivity (Wildman–Crippen MR) is 396 cm³/mol. The third-order valence-electron chi connectivity index (χ3n) is 17.3. The van der Waals surface area contributed by atoms with Crippen molar-refractivity contribution in [1.29, 1.82) is 0 Å². The molecule has 0 heterocycles. The molecule has 0 aromatic rings. The maximum absolute atomic E-state index is 13.1. The van der Waals surface area contributed by atoms with Crippen LogP contribution in [0.2, 0.25) is 0 Å². The average molecular weight is 1280 g/mol. The largest absolute Gasteiger partial charge is 0.472 e. The molecule has 0 aliphatic carbocycles. The Morgan fingerprint density at radius 3 is 1.02 bits per heavy atom. The third-order valence-corrected chi connectivity index (χ3v) is 18.2. The summed E-state index contributed by atoms with van der Waals surface area (Å²) in [6, 6.07) is -0.875. The molecule has 0 rings (SSSR count). The molecule has 9 heteroatoms. The van der Waals surface area contributed by atoms with Crippen molar-refractivity contribution in [3.05, 3.63) is 97.2 Å². The second kappa shape index (κ2) is 70.7. The Labute approximate surface area is 559 Å². The van der Waals surface area contributed by atoms with Gasteiger partial charge in [0.2, 0.25) is 5.91 Å². The summed E-state index contributed by atoms with van der Waals surface area (Å²) in [5.41, 5.74) is 0. The number of aliphatic hydroxyl groups excluding tert-OH is 1. The van der Waals surface area contributed by atoms with Gasteiger partial charge in [0.25, 0.3) is 0 Å². The number of nitrogens with one attached hydrogen (secondary N) is 1. The molecule has 1 amide bonds. The van der Waals surface area contributed by atoms with Crippen LogP contribution in [-0.4, -0.2) is 73.4 Å². The zero-order valence-corrected chi connectivity index (χ0v) is 61.0. The van der Waals surface area contributed by atoms with E-state index < -0.39 is 20.0 Å². The van der Waals surface area contributed by atoms with E-state index in [-0.39, 0.29) is 19.1 Å². The van der Waals surface area contributed by atoms with Crippen LogP contribution in [0, 0.1) is 0 Å². The Balaban J connectivity index is 4.02. The summed E-state index contributed by atoms with van der Waals surface area (Å²) in [5.74, 6) is -0.186. The fourth-order valence-electron chi connectivity index (χ4n) is 11.3. The number of amides is 1. The highest BCUT2D eigenvalue weighted by atomic mass is 31.2. The van der Waals surface area contributed by atoms with Crippen LogP contribution < -0.4 is 5.32 Å². The minimum atomic E-state index is -4.37. The third kappa shape index (κ3) is 72.8. The van der Waals surface area contributed by atoms with E-state index in [4.69, 9.17) is 9.05 Å². The fraction of sp³-hybridized carbons (Fsp3) is 0.790. The van der Waals surface area contributed by atoms with E-state index in [0.717, 1.165) is 77.0 Å². The van der Waals surface area contributed by atoms with Gasteiger partial charge in [0.05, 0.1) is 39.9 Å². The first-order valence-electron chi connectivity index (χ1n) is 38.6. The van der Waals surface area contributed by atoms with Crippen molar-refractivity contribution in [2.75, 3.05) is 40.9 Å². The topological polar surface area (TPSA) is 105 Å². The number of nitrogens with zero attached hydrogens (tertiary/aromatic N) is 1. The van der Waals surface area contributed by atoms with Gasteiger partial charge in [-0.3, -0.25) is 13.8 Å². The molecule has 0 fully saturated rings. The Bertz CT molecular complexity index is 1790. The molecule has 0 aliphatic rings. The van der Waals surface area contributed by atoms with Gasteiger partial charge in [0, 0.05) is 6.42 Å². The number of phosphoric acid groups is 1. The smallest absolute Gasteiger partial charge is 0.387 e. The van der Waals surface area contributed by atoms with Gasteiger partial charge in [-0.1, -0.05) is 361 Å². The zero-order chi connectivity index (χ0) is 65.5. The number of hydrogen-bond donors (Lipinski definition) is 3. The molecule has 0 saturated heterocycles. The van der Waals surface area contributed by atoms with Gasteiger partial charge in [-0.15, -0.1) is 0 Å². The molecule has 0 saturated carbocycles. The van der Waals surface area contributed by atoms with E-state index in [1.54, 1.807) is 6.08 Å². The molecule has 90 heavy (non-hydrogen) atoms. The average Bonchev–Trinajstić information content (AvgIpc) is 3.72. The van der Waals surface area contributed by atoms with E-state index in [1.807, 2.05) is 27.2 Å². The molecule has 0 aliphatic heterocycles. The number of likely N-dealkylation sites (N-methyl/N-ethyl adjacent to an activating group) is 1. The van der Waals surface area contributed by atoms with Crippen LogP contribution in [0.1, 0.15) is 361 Å². The summed E-state index contributed by atoms with van der Waals surface area (Å²) in [4.78, 5) is 23.5. The number of hydrogen-bond acceptors (Lipinski definition) is 5. The van der Waals surface area contributed by atoms with E-state index in [2.05, 4.69) is 104 Å². The van der Waals surface area contributed by atoms with Gasteiger partial charge >= 0.3 is 7.82 Å². The van der Waals surface area contributed by atoms with Crippen molar-refractivity contribution in [1.82, 2.24) is 5.32 Å². The Hall–Kier alpha value is -2.58.